The number of ether oxygens (including phenoxy) is 2. The SMILES string of the molecule is CO[C@H]1/C=C/C[C@H](C)CS(=O)(NC(=O)c2cn(C)nc2Cl)=NC(=O)c2ccc3c(c2)N(C[C@@H]2CC[C@H]21)C[C@@]12c4ccc(Cl)cc4CCC1C2O3. The minimum atomic E-state index is -3.58. The first-order valence-electron chi connectivity index (χ1n) is 17.3. The molecule has 0 radical (unpaired) electrons. The summed E-state index contributed by atoms with van der Waals surface area (Å²) < 4.78 is 35.6. The van der Waals surface area contributed by atoms with Crippen molar-refractivity contribution in [2.45, 2.75) is 56.7 Å². The van der Waals surface area contributed by atoms with Crippen LogP contribution in [0.3, 0.4) is 0 Å². The van der Waals surface area contributed by atoms with E-state index >= 15 is 0 Å². The molecule has 3 unspecified atom stereocenters. The Kier molecular flexibility index (Phi) is 8.56. The summed E-state index contributed by atoms with van der Waals surface area (Å²) in [7, 11) is -0.196. The molecule has 1 N–H and O–H groups in total. The lowest BCUT2D eigenvalue weighted by molar-refractivity contribution is 0.0133. The number of carbonyl (C=O) groups is 2. The molecule has 50 heavy (non-hydrogen) atoms. The zero-order valence-corrected chi connectivity index (χ0v) is 30.6. The Bertz CT molecular complexity index is 2040. The highest BCUT2D eigenvalue weighted by atomic mass is 35.5. The summed E-state index contributed by atoms with van der Waals surface area (Å²) in [5, 5.41) is 4.73. The summed E-state index contributed by atoms with van der Waals surface area (Å²) in [4.78, 5) is 29.7. The molecule has 13 heteroatoms. The predicted octanol–water partition coefficient (Wildman–Crippen LogP) is 6.40. The Morgan fingerprint density at radius 3 is 2.74 bits per heavy atom. The van der Waals surface area contributed by atoms with E-state index in [0.29, 0.717) is 24.2 Å². The lowest BCUT2D eigenvalue weighted by atomic mass is 9.70. The van der Waals surface area contributed by atoms with Crippen LogP contribution >= 0.6 is 23.2 Å². The summed E-state index contributed by atoms with van der Waals surface area (Å²) in [6.45, 7) is 3.45. The number of aromatic nitrogens is 2. The minimum Gasteiger partial charge on any atom is -0.487 e. The first-order chi connectivity index (χ1) is 24.0. The van der Waals surface area contributed by atoms with E-state index in [1.54, 1.807) is 20.2 Å². The van der Waals surface area contributed by atoms with Crippen molar-refractivity contribution in [3.05, 3.63) is 87.2 Å². The van der Waals surface area contributed by atoms with Crippen LogP contribution in [0.15, 0.2) is 59.1 Å². The van der Waals surface area contributed by atoms with Gasteiger partial charge >= 0.3 is 0 Å². The minimum absolute atomic E-state index is 0.00982. The van der Waals surface area contributed by atoms with Gasteiger partial charge in [0.1, 0.15) is 21.8 Å². The fourth-order valence-corrected chi connectivity index (χ4v) is 11.2. The van der Waals surface area contributed by atoms with Crippen molar-refractivity contribution in [1.29, 1.82) is 0 Å². The Morgan fingerprint density at radius 2 is 2.00 bits per heavy atom. The van der Waals surface area contributed by atoms with Crippen LogP contribution in [0.1, 0.15) is 64.4 Å². The van der Waals surface area contributed by atoms with E-state index in [2.05, 4.69) is 43.4 Å². The molecule has 8 atom stereocenters. The van der Waals surface area contributed by atoms with E-state index in [0.717, 1.165) is 55.2 Å². The van der Waals surface area contributed by atoms with Gasteiger partial charge in [-0.25, -0.2) is 4.21 Å². The standard InChI is InChI=1S/C37H41Cl2N5O5S/c1-21-5-4-6-31(48-3)26-11-7-24(26)17-44-20-37-28-13-10-25(38)15-22(28)8-12-29(37)33(37)49-32-14-9-23(16-30(32)44)35(45)41-50(47,19-21)42-36(46)27-18-43(2)40-34(27)39/h4,6,9-10,13-16,18,21,24,26,29,31,33H,5,7-8,11-12,17,19-20H2,1-3H3,(H,41,42,45,46,47)/b6-4+/t21-,24-,26+,29?,31-,33?,37+,50?/m0/s1. The average Bonchev–Trinajstić information content (AvgIpc) is 3.58. The van der Waals surface area contributed by atoms with Crippen molar-refractivity contribution in [3.63, 3.8) is 0 Å². The van der Waals surface area contributed by atoms with Crippen molar-refractivity contribution >= 4 is 50.6 Å². The predicted molar refractivity (Wildman–Crippen MR) is 193 cm³/mol. The number of rotatable bonds is 3. The lowest BCUT2D eigenvalue weighted by Gasteiger charge is -2.44. The normalized spacial score (nSPS) is 33.5. The quantitative estimate of drug-likeness (QED) is 0.310. The molecule has 8 rings (SSSR count). The largest absolute Gasteiger partial charge is 0.487 e. The zero-order valence-electron chi connectivity index (χ0n) is 28.3. The highest BCUT2D eigenvalue weighted by Crippen LogP contribution is 2.64. The smallest absolute Gasteiger partial charge is 0.286 e. The van der Waals surface area contributed by atoms with E-state index in [9.17, 15) is 13.8 Å². The number of hydrogen-bond acceptors (Lipinski definition) is 7. The van der Waals surface area contributed by atoms with Gasteiger partial charge in [-0.3, -0.25) is 19.0 Å². The van der Waals surface area contributed by atoms with Crippen molar-refractivity contribution in [1.82, 2.24) is 14.5 Å². The van der Waals surface area contributed by atoms with Crippen LogP contribution in [0.2, 0.25) is 10.2 Å². The van der Waals surface area contributed by atoms with Gasteiger partial charge in [-0.05, 0) is 91.3 Å². The summed E-state index contributed by atoms with van der Waals surface area (Å²) in [5.41, 5.74) is 3.54. The van der Waals surface area contributed by atoms with Crippen molar-refractivity contribution in [3.8, 4) is 5.75 Å². The molecule has 3 heterocycles. The molecular weight excluding hydrogens is 697 g/mol. The summed E-state index contributed by atoms with van der Waals surface area (Å²) in [6.07, 6.45) is 10.3. The second-order valence-corrected chi connectivity index (χ2v) is 17.5. The Balaban J connectivity index is 1.21. The maximum Gasteiger partial charge on any atom is 0.286 e. The molecule has 3 aromatic rings. The number of benzene rings is 2. The van der Waals surface area contributed by atoms with Gasteiger partial charge < -0.3 is 14.4 Å². The van der Waals surface area contributed by atoms with Gasteiger partial charge in [-0.15, -0.1) is 4.36 Å². The third kappa shape index (κ3) is 5.84. The topological polar surface area (TPSA) is 115 Å². The molecule has 1 aromatic heterocycles. The Hall–Kier alpha value is -3.38. The maximum atomic E-state index is 14.5. The monoisotopic (exact) mass is 737 g/mol. The van der Waals surface area contributed by atoms with Crippen LogP contribution < -0.4 is 14.4 Å². The number of aryl methyl sites for hydroxylation is 2. The number of hydrogen-bond donors (Lipinski definition) is 1. The zero-order chi connectivity index (χ0) is 34.9. The number of nitrogens with one attached hydrogen (secondary N) is 1. The average molecular weight is 739 g/mol. The van der Waals surface area contributed by atoms with E-state index in [1.165, 1.54) is 22.0 Å². The summed E-state index contributed by atoms with van der Waals surface area (Å²) in [5.74, 6) is 0.240. The highest BCUT2D eigenvalue weighted by molar-refractivity contribution is 7.92. The third-order valence-corrected chi connectivity index (χ3v) is 14.0. The lowest BCUT2D eigenvalue weighted by Crippen LogP contribution is -2.46. The van der Waals surface area contributed by atoms with Gasteiger partial charge in [0.05, 0.1) is 28.5 Å². The number of halogens is 2. The van der Waals surface area contributed by atoms with Crippen LogP contribution in [0.5, 0.6) is 5.75 Å². The highest BCUT2D eigenvalue weighted by Gasteiger charge is 2.70. The molecule has 0 saturated heterocycles. The summed E-state index contributed by atoms with van der Waals surface area (Å²) in [6, 6.07) is 11.6. The number of fused-ring (bicyclic) bond motifs is 4. The number of allylic oxidation sites excluding steroid dienone is 1. The molecule has 3 aliphatic carbocycles. The van der Waals surface area contributed by atoms with Crippen LogP contribution in [0.25, 0.3) is 0 Å². The summed E-state index contributed by atoms with van der Waals surface area (Å²) >= 11 is 12.6. The maximum absolute atomic E-state index is 14.5. The first kappa shape index (κ1) is 33.7. The molecule has 2 aliphatic heterocycles. The van der Waals surface area contributed by atoms with Gasteiger partial charge in [-0.2, -0.15) is 5.10 Å². The second kappa shape index (κ2) is 12.7. The molecule has 10 nitrogen and oxygen atoms in total. The van der Waals surface area contributed by atoms with Crippen LogP contribution in [-0.2, 0) is 33.5 Å². The van der Waals surface area contributed by atoms with Gasteiger partial charge in [0.2, 0.25) is 0 Å². The molecule has 2 fully saturated rings. The molecule has 1 spiro atoms. The van der Waals surface area contributed by atoms with E-state index in [-0.39, 0.29) is 45.6 Å². The first-order valence-corrected chi connectivity index (χ1v) is 19.8. The molecule has 264 valence electrons. The van der Waals surface area contributed by atoms with Gasteiger partial charge in [0, 0.05) is 49.9 Å². The van der Waals surface area contributed by atoms with Gasteiger partial charge in [-0.1, -0.05) is 48.3 Å². The molecule has 2 saturated carbocycles. The number of nitrogens with zero attached hydrogens (tertiary/aromatic N) is 4. The van der Waals surface area contributed by atoms with Crippen LogP contribution in [-0.4, -0.2) is 64.0 Å². The van der Waals surface area contributed by atoms with Crippen molar-refractivity contribution in [2.75, 3.05) is 30.9 Å². The Morgan fingerprint density at radius 1 is 1.16 bits per heavy atom. The number of amides is 2. The molecule has 2 aromatic carbocycles. The van der Waals surface area contributed by atoms with Crippen LogP contribution in [0.4, 0.5) is 5.69 Å². The fourth-order valence-electron chi connectivity index (χ4n) is 8.89. The molecule has 5 aliphatic rings. The second-order valence-electron chi connectivity index (χ2n) is 14.7. The number of anilines is 1. The van der Waals surface area contributed by atoms with E-state index in [4.69, 9.17) is 32.7 Å². The number of methoxy groups -OCH3 is 1. The van der Waals surface area contributed by atoms with Gasteiger partial charge in [0.15, 0.2) is 5.15 Å². The van der Waals surface area contributed by atoms with E-state index < -0.39 is 21.7 Å². The molecule has 2 bridgehead atoms. The number of carbonyl (C=O) groups excluding carboxylic acids is 2. The van der Waals surface area contributed by atoms with Crippen molar-refractivity contribution < 1.29 is 23.3 Å². The van der Waals surface area contributed by atoms with Crippen molar-refractivity contribution in [2.24, 2.45) is 35.1 Å². The third-order valence-electron chi connectivity index (χ3n) is 11.5. The Labute approximate surface area is 302 Å². The fraction of sp³-hybridized carbons (Fsp3) is 0.486. The molecule has 2 amide bonds. The van der Waals surface area contributed by atoms with E-state index in [1.807, 2.05) is 25.1 Å². The molecular formula is C37H41Cl2N5O5S. The van der Waals surface area contributed by atoms with Gasteiger partial charge in [0.25, 0.3) is 11.8 Å². The van der Waals surface area contributed by atoms with Crippen LogP contribution in [0, 0.1) is 23.7 Å².